The minimum Gasteiger partial charge on any atom is -0.368 e. The van der Waals surface area contributed by atoms with Gasteiger partial charge in [0.05, 0.1) is 25.3 Å². The number of aryl methyl sites for hydroxylation is 4. The maximum Gasteiger partial charge on any atom is 0.223 e. The van der Waals surface area contributed by atoms with Crippen LogP contribution in [0, 0.1) is 0 Å². The van der Waals surface area contributed by atoms with Crippen LogP contribution >= 0.6 is 46.4 Å². The summed E-state index contributed by atoms with van der Waals surface area (Å²) in [7, 11) is 0. The van der Waals surface area contributed by atoms with E-state index in [1.807, 2.05) is 18.3 Å². The van der Waals surface area contributed by atoms with E-state index in [0.717, 1.165) is 51.9 Å². The fraction of sp³-hybridized carbons (Fsp3) is 0.375. The van der Waals surface area contributed by atoms with E-state index in [1.165, 1.54) is 0 Å². The van der Waals surface area contributed by atoms with Crippen LogP contribution in [-0.2, 0) is 26.2 Å². The Labute approximate surface area is 340 Å². The van der Waals surface area contributed by atoms with Crippen LogP contribution in [0.2, 0.25) is 20.6 Å². The lowest BCUT2D eigenvalue weighted by Crippen LogP contribution is -2.00. The van der Waals surface area contributed by atoms with Crippen LogP contribution in [0.15, 0.2) is 25.3 Å². The Morgan fingerprint density at radius 2 is 0.571 bits per heavy atom. The van der Waals surface area contributed by atoms with Crippen molar-refractivity contribution in [2.75, 3.05) is 22.9 Å². The molecular formula is C32H40Cl4N20. The number of fused-ring (bicyclic) bond motifs is 4. The number of halogens is 4. The van der Waals surface area contributed by atoms with Gasteiger partial charge in [0.15, 0.2) is 43.2 Å². The van der Waals surface area contributed by atoms with Crippen molar-refractivity contribution in [3.63, 3.8) is 0 Å². The van der Waals surface area contributed by atoms with E-state index < -0.39 is 0 Å². The molecule has 0 amide bonds. The fourth-order valence-electron chi connectivity index (χ4n) is 5.32. The molecule has 8 aromatic rings. The first-order valence-corrected chi connectivity index (χ1v) is 18.9. The number of imidazole rings is 4. The second-order valence-electron chi connectivity index (χ2n) is 11.9. The van der Waals surface area contributed by atoms with E-state index in [4.69, 9.17) is 69.3 Å². The highest BCUT2D eigenvalue weighted by atomic mass is 35.5. The highest BCUT2D eigenvalue weighted by Gasteiger charge is 2.12. The Bertz CT molecular complexity index is 2210. The number of rotatable bonds is 8. The van der Waals surface area contributed by atoms with Crippen LogP contribution in [0.5, 0.6) is 0 Å². The molecule has 8 rings (SSSR count). The highest BCUT2D eigenvalue weighted by molar-refractivity contribution is 6.34. The highest BCUT2D eigenvalue weighted by Crippen LogP contribution is 2.22. The van der Waals surface area contributed by atoms with Gasteiger partial charge in [0.2, 0.25) is 23.8 Å². The quantitative estimate of drug-likeness (QED) is 0.130. The Morgan fingerprint density at radius 1 is 0.375 bits per heavy atom. The molecule has 8 N–H and O–H groups in total. The Hall–Kier alpha value is -5.44. The van der Waals surface area contributed by atoms with Gasteiger partial charge in [0, 0.05) is 26.2 Å². The number of nitrogens with two attached hydrogens (primary N) is 4. The molecule has 0 saturated carbocycles. The molecule has 0 radical (unpaired) electrons. The number of nitrogens with zero attached hydrogens (tertiary/aromatic N) is 16. The summed E-state index contributed by atoms with van der Waals surface area (Å²) in [5.41, 5.74) is 27.2. The van der Waals surface area contributed by atoms with E-state index in [0.29, 0.717) is 65.3 Å². The molecular weight excluding hydrogens is 806 g/mol. The summed E-state index contributed by atoms with van der Waals surface area (Å²) >= 11 is 23.5. The smallest absolute Gasteiger partial charge is 0.223 e. The number of nitrogen functional groups attached to an aromatic ring is 4. The van der Waals surface area contributed by atoms with Crippen molar-refractivity contribution >= 4 is 115 Å². The zero-order valence-corrected chi connectivity index (χ0v) is 34.0. The molecule has 56 heavy (non-hydrogen) atoms. The molecule has 20 nitrogen and oxygen atoms in total. The van der Waals surface area contributed by atoms with Gasteiger partial charge in [-0.1, -0.05) is 74.1 Å². The van der Waals surface area contributed by atoms with Crippen LogP contribution in [0.1, 0.15) is 53.4 Å². The lowest BCUT2D eigenvalue weighted by molar-refractivity contribution is 0.691. The molecule has 0 aromatic carbocycles. The summed E-state index contributed by atoms with van der Waals surface area (Å²) in [6.45, 7) is 11.7. The average Bonchev–Trinajstić information content (AvgIpc) is 3.94. The first kappa shape index (κ1) is 41.7. The normalized spacial score (nSPS) is 11.0. The first-order chi connectivity index (χ1) is 26.9. The molecule has 0 bridgehead atoms. The monoisotopic (exact) mass is 844 g/mol. The van der Waals surface area contributed by atoms with Gasteiger partial charge in [-0.2, -0.15) is 39.9 Å². The van der Waals surface area contributed by atoms with Crippen LogP contribution in [0.3, 0.4) is 0 Å². The molecule has 24 heteroatoms. The van der Waals surface area contributed by atoms with Gasteiger partial charge < -0.3 is 41.2 Å². The number of aromatic nitrogens is 16. The first-order valence-electron chi connectivity index (χ1n) is 17.4. The van der Waals surface area contributed by atoms with Crippen molar-refractivity contribution in [2.45, 2.75) is 79.6 Å². The number of hydrogen-bond donors (Lipinski definition) is 4. The summed E-state index contributed by atoms with van der Waals surface area (Å²) in [6.07, 6.45) is 10.8. The molecule has 0 fully saturated rings. The Kier molecular flexibility index (Phi) is 14.1. The van der Waals surface area contributed by atoms with Crippen molar-refractivity contribution in [1.29, 1.82) is 0 Å². The largest absolute Gasteiger partial charge is 0.368 e. The average molecular weight is 847 g/mol. The predicted molar refractivity (Wildman–Crippen MR) is 220 cm³/mol. The van der Waals surface area contributed by atoms with Crippen LogP contribution in [0.25, 0.3) is 44.7 Å². The van der Waals surface area contributed by atoms with E-state index in [1.54, 1.807) is 25.3 Å². The molecule has 0 saturated heterocycles. The summed E-state index contributed by atoms with van der Waals surface area (Å²) in [5, 5.41) is 1.23. The minimum atomic E-state index is 0.181. The van der Waals surface area contributed by atoms with Gasteiger partial charge in [-0.3, -0.25) is 0 Å². The fourth-order valence-corrected chi connectivity index (χ4v) is 6.20. The van der Waals surface area contributed by atoms with Gasteiger partial charge in [-0.25, -0.2) is 19.9 Å². The van der Waals surface area contributed by atoms with Gasteiger partial charge in [0.1, 0.15) is 22.1 Å². The molecule has 0 unspecified atom stereocenters. The third-order valence-corrected chi connectivity index (χ3v) is 8.67. The lowest BCUT2D eigenvalue weighted by Gasteiger charge is -2.00. The molecule has 8 aromatic heterocycles. The van der Waals surface area contributed by atoms with E-state index in [9.17, 15) is 0 Å². The van der Waals surface area contributed by atoms with Crippen molar-refractivity contribution in [3.05, 3.63) is 45.9 Å². The van der Waals surface area contributed by atoms with E-state index in [2.05, 4.69) is 87.5 Å². The molecule has 0 spiro atoms. The molecule has 0 aliphatic heterocycles. The Balaban J connectivity index is 0.000000143. The van der Waals surface area contributed by atoms with Crippen LogP contribution in [0.4, 0.5) is 23.8 Å². The second-order valence-corrected chi connectivity index (χ2v) is 13.4. The van der Waals surface area contributed by atoms with Gasteiger partial charge in [0.25, 0.3) is 0 Å². The number of anilines is 4. The summed E-state index contributed by atoms with van der Waals surface area (Å²) in [5.74, 6) is 0.724. The SMILES string of the molecule is CCCn1cnc2c(Cl)nc(N)nc21.CCCn1cnc2c(Cl)nc(N)nc21.CCCn1cnc2c(Cl)nc(N)nc21.CCCn1cnc2c(Cl)nc(N)nc21. The maximum atomic E-state index is 5.87. The molecule has 0 atom stereocenters. The van der Waals surface area contributed by atoms with E-state index >= 15 is 0 Å². The third kappa shape index (κ3) is 9.67. The zero-order valence-electron chi connectivity index (χ0n) is 30.9. The summed E-state index contributed by atoms with van der Waals surface area (Å²) in [6, 6.07) is 0. The van der Waals surface area contributed by atoms with Crippen LogP contribution < -0.4 is 22.9 Å². The predicted octanol–water partition coefficient (Wildman–Crippen LogP) is 5.89. The zero-order chi connectivity index (χ0) is 40.5. The van der Waals surface area contributed by atoms with Crippen molar-refractivity contribution in [1.82, 2.24) is 78.1 Å². The molecule has 0 aliphatic rings. The number of hydrogen-bond acceptors (Lipinski definition) is 16. The lowest BCUT2D eigenvalue weighted by atomic mass is 10.4. The molecule has 0 aliphatic carbocycles. The van der Waals surface area contributed by atoms with Crippen molar-refractivity contribution in [2.24, 2.45) is 0 Å². The standard InChI is InChI=1S/4C8H10ClN5/c4*1-2-3-14-4-11-5-6(9)12-8(10)13-7(5)14/h4*4H,2-3H2,1H3,(H2,10,12,13). The van der Waals surface area contributed by atoms with E-state index in [-0.39, 0.29) is 23.8 Å². The second kappa shape index (κ2) is 18.9. The summed E-state index contributed by atoms with van der Waals surface area (Å²) in [4.78, 5) is 48.2. The maximum absolute atomic E-state index is 5.87. The van der Waals surface area contributed by atoms with Crippen molar-refractivity contribution < 1.29 is 0 Å². The Morgan fingerprint density at radius 3 is 0.750 bits per heavy atom. The van der Waals surface area contributed by atoms with Gasteiger partial charge in [-0.05, 0) is 25.7 Å². The van der Waals surface area contributed by atoms with Gasteiger partial charge in [-0.15, -0.1) is 0 Å². The topological polar surface area (TPSA) is 278 Å². The molecule has 8 heterocycles. The van der Waals surface area contributed by atoms with Gasteiger partial charge >= 0.3 is 0 Å². The van der Waals surface area contributed by atoms with Crippen molar-refractivity contribution in [3.8, 4) is 0 Å². The minimum absolute atomic E-state index is 0.181. The van der Waals surface area contributed by atoms with Crippen LogP contribution in [-0.4, -0.2) is 78.1 Å². The molecule has 296 valence electrons. The summed E-state index contributed by atoms with van der Waals surface area (Å²) < 4.78 is 7.66. The third-order valence-electron chi connectivity index (χ3n) is 7.61.